The van der Waals surface area contributed by atoms with Gasteiger partial charge in [-0.15, -0.1) is 35.3 Å². The number of hydrogen-bond acceptors (Lipinski definition) is 5. The molecule has 0 spiro atoms. The minimum Gasteiger partial charge on any atom is -0.360 e. The standard InChI is InChI=1S/C22H32N6S.HI/c1-18-7-9-26(10-8-18)20-6-5-19(16-24-20)17-25-22(23-2)28-13-11-27(12-14-28)21-4-3-15-29-21;/h3-6,15-16,18H,7-14,17H2,1-2H3,(H,23,25);1H. The molecule has 0 bridgehead atoms. The topological polar surface area (TPSA) is 47.0 Å². The summed E-state index contributed by atoms with van der Waals surface area (Å²) >= 11 is 1.81. The number of nitrogens with zero attached hydrogens (tertiary/aromatic N) is 5. The smallest absolute Gasteiger partial charge is 0.194 e. The molecule has 0 atom stereocenters. The van der Waals surface area contributed by atoms with Crippen LogP contribution in [0.3, 0.4) is 0 Å². The fourth-order valence-corrected chi connectivity index (χ4v) is 4.83. The quantitative estimate of drug-likeness (QED) is 0.362. The van der Waals surface area contributed by atoms with E-state index in [1.165, 1.54) is 23.4 Å². The summed E-state index contributed by atoms with van der Waals surface area (Å²) in [4.78, 5) is 16.4. The Balaban J connectivity index is 0.00000256. The Morgan fingerprint density at radius 1 is 1.10 bits per heavy atom. The molecular formula is C22H33IN6S. The van der Waals surface area contributed by atoms with E-state index in [1.54, 1.807) is 0 Å². The Morgan fingerprint density at radius 2 is 1.87 bits per heavy atom. The number of piperidine rings is 1. The van der Waals surface area contributed by atoms with Crippen LogP contribution in [0.5, 0.6) is 0 Å². The lowest BCUT2D eigenvalue weighted by Gasteiger charge is -2.37. The molecule has 2 fully saturated rings. The van der Waals surface area contributed by atoms with Gasteiger partial charge in [-0.2, -0.15) is 0 Å². The molecule has 4 rings (SSSR count). The van der Waals surface area contributed by atoms with Crippen LogP contribution in [-0.2, 0) is 6.54 Å². The van der Waals surface area contributed by atoms with Crippen LogP contribution in [0.25, 0.3) is 0 Å². The van der Waals surface area contributed by atoms with Gasteiger partial charge in [0.25, 0.3) is 0 Å². The van der Waals surface area contributed by atoms with E-state index in [0.717, 1.165) is 63.5 Å². The Kier molecular flexibility index (Phi) is 8.61. The largest absolute Gasteiger partial charge is 0.360 e. The van der Waals surface area contributed by atoms with Gasteiger partial charge in [0.1, 0.15) is 5.82 Å². The van der Waals surface area contributed by atoms with Gasteiger partial charge in [-0.05, 0) is 47.9 Å². The molecule has 0 saturated carbocycles. The molecular weight excluding hydrogens is 507 g/mol. The van der Waals surface area contributed by atoms with E-state index in [9.17, 15) is 0 Å². The SMILES string of the molecule is CN=C(NCc1ccc(N2CCC(C)CC2)nc1)N1CCN(c2cccs2)CC1.I. The van der Waals surface area contributed by atoms with Crippen molar-refractivity contribution in [3.05, 3.63) is 41.4 Å². The normalized spacial score (nSPS) is 18.3. The van der Waals surface area contributed by atoms with E-state index in [1.807, 2.05) is 24.6 Å². The number of nitrogens with one attached hydrogen (secondary N) is 1. The van der Waals surface area contributed by atoms with Crippen molar-refractivity contribution in [2.45, 2.75) is 26.3 Å². The summed E-state index contributed by atoms with van der Waals surface area (Å²) in [7, 11) is 1.87. The summed E-state index contributed by atoms with van der Waals surface area (Å²) in [6.07, 6.45) is 4.53. The van der Waals surface area contributed by atoms with E-state index >= 15 is 0 Å². The lowest BCUT2D eigenvalue weighted by Crippen LogP contribution is -2.52. The molecule has 4 heterocycles. The van der Waals surface area contributed by atoms with Crippen molar-refractivity contribution in [1.82, 2.24) is 15.2 Å². The van der Waals surface area contributed by atoms with Crippen molar-refractivity contribution >= 4 is 52.1 Å². The molecule has 2 aliphatic rings. The first kappa shape index (κ1) is 23.1. The van der Waals surface area contributed by atoms with Crippen molar-refractivity contribution in [3.63, 3.8) is 0 Å². The zero-order chi connectivity index (χ0) is 20.1. The monoisotopic (exact) mass is 540 g/mol. The van der Waals surface area contributed by atoms with Gasteiger partial charge in [0.05, 0.1) is 5.00 Å². The van der Waals surface area contributed by atoms with Crippen molar-refractivity contribution in [2.24, 2.45) is 10.9 Å². The molecule has 6 nitrogen and oxygen atoms in total. The van der Waals surface area contributed by atoms with Crippen LogP contribution in [0.4, 0.5) is 10.8 Å². The van der Waals surface area contributed by atoms with Crippen molar-refractivity contribution in [1.29, 1.82) is 0 Å². The van der Waals surface area contributed by atoms with Crippen LogP contribution in [0.15, 0.2) is 40.8 Å². The molecule has 1 N–H and O–H groups in total. The third kappa shape index (κ3) is 5.78. The highest BCUT2D eigenvalue weighted by Crippen LogP contribution is 2.23. The number of aliphatic imine (C=N–C) groups is 1. The molecule has 30 heavy (non-hydrogen) atoms. The number of hydrogen-bond donors (Lipinski definition) is 1. The zero-order valence-electron chi connectivity index (χ0n) is 18.0. The molecule has 8 heteroatoms. The summed E-state index contributed by atoms with van der Waals surface area (Å²) in [5.41, 5.74) is 1.19. The second kappa shape index (κ2) is 11.2. The van der Waals surface area contributed by atoms with E-state index < -0.39 is 0 Å². The van der Waals surface area contributed by atoms with Gasteiger partial charge in [-0.3, -0.25) is 4.99 Å². The molecule has 0 aromatic carbocycles. The molecule has 2 saturated heterocycles. The van der Waals surface area contributed by atoms with E-state index in [4.69, 9.17) is 4.98 Å². The second-order valence-electron chi connectivity index (χ2n) is 8.02. The first-order valence-corrected chi connectivity index (χ1v) is 11.5. The van der Waals surface area contributed by atoms with E-state index in [2.05, 4.69) is 61.6 Å². The van der Waals surface area contributed by atoms with Crippen LogP contribution in [-0.4, -0.2) is 62.2 Å². The van der Waals surface area contributed by atoms with Crippen LogP contribution < -0.4 is 15.1 Å². The third-order valence-electron chi connectivity index (χ3n) is 5.98. The number of anilines is 2. The fourth-order valence-electron chi connectivity index (χ4n) is 4.05. The average Bonchev–Trinajstić information content (AvgIpc) is 3.31. The fraction of sp³-hybridized carbons (Fsp3) is 0.545. The highest BCUT2D eigenvalue weighted by molar-refractivity contribution is 14.0. The van der Waals surface area contributed by atoms with Gasteiger partial charge in [-0.1, -0.05) is 13.0 Å². The van der Waals surface area contributed by atoms with Crippen molar-refractivity contribution < 1.29 is 0 Å². The minimum atomic E-state index is 0. The maximum absolute atomic E-state index is 4.71. The predicted molar refractivity (Wildman–Crippen MR) is 139 cm³/mol. The Labute approximate surface area is 201 Å². The molecule has 2 aliphatic heterocycles. The van der Waals surface area contributed by atoms with Crippen molar-refractivity contribution in [2.75, 3.05) is 56.1 Å². The molecule has 0 unspecified atom stereocenters. The van der Waals surface area contributed by atoms with Gasteiger partial charge in [0.15, 0.2) is 5.96 Å². The second-order valence-corrected chi connectivity index (χ2v) is 8.95. The number of pyridine rings is 1. The maximum atomic E-state index is 4.71. The summed E-state index contributed by atoms with van der Waals surface area (Å²) in [6, 6.07) is 8.68. The number of piperazine rings is 1. The number of aromatic nitrogens is 1. The number of rotatable bonds is 4. The van der Waals surface area contributed by atoms with Gasteiger partial charge in [-0.25, -0.2) is 4.98 Å². The maximum Gasteiger partial charge on any atom is 0.194 e. The van der Waals surface area contributed by atoms with Gasteiger partial charge < -0.3 is 20.0 Å². The Morgan fingerprint density at radius 3 is 2.47 bits per heavy atom. The summed E-state index contributed by atoms with van der Waals surface area (Å²) < 4.78 is 0. The van der Waals surface area contributed by atoms with Gasteiger partial charge in [0.2, 0.25) is 0 Å². The van der Waals surface area contributed by atoms with Crippen LogP contribution in [0.2, 0.25) is 0 Å². The third-order valence-corrected chi connectivity index (χ3v) is 6.91. The molecule has 0 radical (unpaired) electrons. The lowest BCUT2D eigenvalue weighted by molar-refractivity contribution is 0.373. The van der Waals surface area contributed by atoms with Gasteiger partial charge >= 0.3 is 0 Å². The summed E-state index contributed by atoms with van der Waals surface area (Å²) in [6.45, 7) is 9.38. The van der Waals surface area contributed by atoms with Crippen LogP contribution >= 0.6 is 35.3 Å². The number of thiophene rings is 1. The summed E-state index contributed by atoms with van der Waals surface area (Å²) in [5, 5.41) is 7.03. The molecule has 2 aromatic heterocycles. The van der Waals surface area contributed by atoms with Crippen LogP contribution in [0.1, 0.15) is 25.3 Å². The molecule has 2 aromatic rings. The molecule has 0 aliphatic carbocycles. The van der Waals surface area contributed by atoms with Gasteiger partial charge in [0, 0.05) is 59.1 Å². The molecule has 164 valence electrons. The molecule has 0 amide bonds. The Hall–Kier alpha value is -1.55. The Bertz CT molecular complexity index is 778. The highest BCUT2D eigenvalue weighted by Gasteiger charge is 2.20. The lowest BCUT2D eigenvalue weighted by atomic mass is 9.99. The summed E-state index contributed by atoms with van der Waals surface area (Å²) in [5.74, 6) is 2.92. The average molecular weight is 541 g/mol. The predicted octanol–water partition coefficient (Wildman–Crippen LogP) is 3.90. The number of guanidine groups is 1. The first-order chi connectivity index (χ1) is 14.2. The highest BCUT2D eigenvalue weighted by atomic mass is 127. The van der Waals surface area contributed by atoms with E-state index in [-0.39, 0.29) is 24.0 Å². The first-order valence-electron chi connectivity index (χ1n) is 10.7. The minimum absolute atomic E-state index is 0. The zero-order valence-corrected chi connectivity index (χ0v) is 21.1. The van der Waals surface area contributed by atoms with Crippen molar-refractivity contribution in [3.8, 4) is 0 Å². The number of halogens is 1. The van der Waals surface area contributed by atoms with Crippen LogP contribution in [0, 0.1) is 5.92 Å². The van der Waals surface area contributed by atoms with E-state index in [0.29, 0.717) is 0 Å².